The van der Waals surface area contributed by atoms with Crippen molar-refractivity contribution in [3.05, 3.63) is 18.6 Å². The van der Waals surface area contributed by atoms with E-state index in [0.717, 1.165) is 17.7 Å². The van der Waals surface area contributed by atoms with E-state index in [4.69, 9.17) is 0 Å². The molecule has 1 saturated carbocycles. The van der Waals surface area contributed by atoms with Crippen LogP contribution >= 0.6 is 0 Å². The van der Waals surface area contributed by atoms with Crippen molar-refractivity contribution >= 4 is 5.82 Å². The standard InChI is InChI=1S/C12H19N3/c1-3-10-4-5-11(9(10)2)15-12-8-13-6-7-14-12/h6-11H,3-5H2,1-2H3,(H,14,15). The summed E-state index contributed by atoms with van der Waals surface area (Å²) in [6.07, 6.45) is 9.13. The molecule has 3 nitrogen and oxygen atoms in total. The lowest BCUT2D eigenvalue weighted by Gasteiger charge is -2.21. The summed E-state index contributed by atoms with van der Waals surface area (Å²) in [6, 6.07) is 0.576. The Labute approximate surface area is 91.3 Å². The Bertz CT molecular complexity index is 299. The zero-order chi connectivity index (χ0) is 10.7. The van der Waals surface area contributed by atoms with E-state index in [1.807, 2.05) is 0 Å². The van der Waals surface area contributed by atoms with Crippen molar-refractivity contribution in [2.75, 3.05) is 5.32 Å². The van der Waals surface area contributed by atoms with Gasteiger partial charge in [-0.2, -0.15) is 0 Å². The SMILES string of the molecule is CCC1CCC(Nc2cnccn2)C1C. The first-order chi connectivity index (χ1) is 7.31. The van der Waals surface area contributed by atoms with Gasteiger partial charge in [-0.15, -0.1) is 0 Å². The van der Waals surface area contributed by atoms with Crippen LogP contribution < -0.4 is 5.32 Å². The molecular weight excluding hydrogens is 186 g/mol. The van der Waals surface area contributed by atoms with Gasteiger partial charge in [0, 0.05) is 18.4 Å². The van der Waals surface area contributed by atoms with Crippen LogP contribution in [0, 0.1) is 11.8 Å². The largest absolute Gasteiger partial charge is 0.366 e. The van der Waals surface area contributed by atoms with E-state index in [0.29, 0.717) is 6.04 Å². The van der Waals surface area contributed by atoms with Gasteiger partial charge in [0.2, 0.25) is 0 Å². The molecule has 1 aliphatic rings. The lowest BCUT2D eigenvalue weighted by molar-refractivity contribution is 0.391. The zero-order valence-electron chi connectivity index (χ0n) is 9.48. The van der Waals surface area contributed by atoms with Crippen molar-refractivity contribution in [3.63, 3.8) is 0 Å². The molecule has 1 N–H and O–H groups in total. The number of nitrogens with zero attached hydrogens (tertiary/aromatic N) is 2. The topological polar surface area (TPSA) is 37.8 Å². The monoisotopic (exact) mass is 205 g/mol. The third-order valence-corrected chi connectivity index (χ3v) is 3.65. The van der Waals surface area contributed by atoms with Gasteiger partial charge in [0.15, 0.2) is 0 Å². The lowest BCUT2D eigenvalue weighted by atomic mass is 9.93. The highest BCUT2D eigenvalue weighted by Crippen LogP contribution is 2.35. The first-order valence-electron chi connectivity index (χ1n) is 5.83. The number of rotatable bonds is 3. The first-order valence-corrected chi connectivity index (χ1v) is 5.83. The second kappa shape index (κ2) is 4.60. The normalized spacial score (nSPS) is 30.4. The molecule has 0 bridgehead atoms. The van der Waals surface area contributed by atoms with Gasteiger partial charge in [-0.25, -0.2) is 4.98 Å². The smallest absolute Gasteiger partial charge is 0.144 e. The Morgan fingerprint density at radius 3 is 2.87 bits per heavy atom. The predicted octanol–water partition coefficient (Wildman–Crippen LogP) is 2.71. The maximum atomic E-state index is 4.25. The Balaban J connectivity index is 1.96. The van der Waals surface area contributed by atoms with E-state index in [-0.39, 0.29) is 0 Å². The van der Waals surface area contributed by atoms with Gasteiger partial charge in [-0.1, -0.05) is 20.3 Å². The summed E-state index contributed by atoms with van der Waals surface area (Å²) < 4.78 is 0. The minimum atomic E-state index is 0.576. The number of hydrogen-bond donors (Lipinski definition) is 1. The number of hydrogen-bond acceptors (Lipinski definition) is 3. The van der Waals surface area contributed by atoms with E-state index >= 15 is 0 Å². The molecule has 1 aromatic heterocycles. The molecule has 0 amide bonds. The molecule has 3 atom stereocenters. The fourth-order valence-corrected chi connectivity index (χ4v) is 2.59. The Morgan fingerprint density at radius 2 is 2.27 bits per heavy atom. The quantitative estimate of drug-likeness (QED) is 0.824. The van der Waals surface area contributed by atoms with Crippen molar-refractivity contribution in [2.45, 2.75) is 39.2 Å². The summed E-state index contributed by atoms with van der Waals surface area (Å²) in [5.74, 6) is 2.53. The molecule has 1 aliphatic carbocycles. The minimum Gasteiger partial charge on any atom is -0.366 e. The molecule has 2 rings (SSSR count). The summed E-state index contributed by atoms with van der Waals surface area (Å²) in [6.45, 7) is 4.63. The third-order valence-electron chi connectivity index (χ3n) is 3.65. The average molecular weight is 205 g/mol. The molecule has 15 heavy (non-hydrogen) atoms. The molecule has 3 unspecified atom stereocenters. The lowest BCUT2D eigenvalue weighted by Crippen LogP contribution is -2.25. The Morgan fingerprint density at radius 1 is 1.40 bits per heavy atom. The predicted molar refractivity (Wildman–Crippen MR) is 61.6 cm³/mol. The molecule has 0 aromatic carbocycles. The molecule has 1 aromatic rings. The van der Waals surface area contributed by atoms with Crippen LogP contribution in [0.15, 0.2) is 18.6 Å². The molecule has 0 radical (unpaired) electrons. The molecule has 0 saturated heterocycles. The highest BCUT2D eigenvalue weighted by Gasteiger charge is 2.31. The Kier molecular flexibility index (Phi) is 3.19. The van der Waals surface area contributed by atoms with Crippen LogP contribution in [-0.4, -0.2) is 16.0 Å². The average Bonchev–Trinajstić information content (AvgIpc) is 2.62. The number of aromatic nitrogens is 2. The molecule has 0 aliphatic heterocycles. The summed E-state index contributed by atoms with van der Waals surface area (Å²) in [5, 5.41) is 3.48. The molecule has 1 heterocycles. The van der Waals surface area contributed by atoms with Gasteiger partial charge in [0.25, 0.3) is 0 Å². The molecule has 1 fully saturated rings. The van der Waals surface area contributed by atoms with Gasteiger partial charge in [-0.3, -0.25) is 4.98 Å². The number of anilines is 1. The fourth-order valence-electron chi connectivity index (χ4n) is 2.59. The van der Waals surface area contributed by atoms with Gasteiger partial charge in [0.05, 0.1) is 6.20 Å². The van der Waals surface area contributed by atoms with Gasteiger partial charge >= 0.3 is 0 Å². The molecule has 82 valence electrons. The van der Waals surface area contributed by atoms with Crippen molar-refractivity contribution < 1.29 is 0 Å². The van der Waals surface area contributed by atoms with E-state index < -0.39 is 0 Å². The van der Waals surface area contributed by atoms with Crippen LogP contribution in [0.3, 0.4) is 0 Å². The van der Waals surface area contributed by atoms with E-state index in [1.54, 1.807) is 18.6 Å². The van der Waals surface area contributed by atoms with Crippen LogP contribution in [0.2, 0.25) is 0 Å². The van der Waals surface area contributed by atoms with Crippen molar-refractivity contribution in [2.24, 2.45) is 11.8 Å². The van der Waals surface area contributed by atoms with Crippen molar-refractivity contribution in [3.8, 4) is 0 Å². The second-order valence-corrected chi connectivity index (χ2v) is 4.45. The zero-order valence-corrected chi connectivity index (χ0v) is 9.48. The maximum Gasteiger partial charge on any atom is 0.144 e. The van der Waals surface area contributed by atoms with E-state index in [2.05, 4.69) is 29.1 Å². The van der Waals surface area contributed by atoms with Crippen LogP contribution in [-0.2, 0) is 0 Å². The highest BCUT2D eigenvalue weighted by molar-refractivity contribution is 5.32. The van der Waals surface area contributed by atoms with Crippen molar-refractivity contribution in [1.82, 2.24) is 9.97 Å². The first kappa shape index (κ1) is 10.4. The summed E-state index contributed by atoms with van der Waals surface area (Å²) >= 11 is 0. The van der Waals surface area contributed by atoms with Crippen LogP contribution in [0.4, 0.5) is 5.82 Å². The molecular formula is C12H19N3. The maximum absolute atomic E-state index is 4.25. The number of nitrogens with one attached hydrogen (secondary N) is 1. The van der Waals surface area contributed by atoms with Gasteiger partial charge < -0.3 is 5.32 Å². The van der Waals surface area contributed by atoms with E-state index in [9.17, 15) is 0 Å². The highest BCUT2D eigenvalue weighted by atomic mass is 15.0. The summed E-state index contributed by atoms with van der Waals surface area (Å²) in [4.78, 5) is 8.32. The molecule has 3 heteroatoms. The van der Waals surface area contributed by atoms with E-state index in [1.165, 1.54) is 19.3 Å². The molecule has 0 spiro atoms. The van der Waals surface area contributed by atoms with Crippen LogP contribution in [0.1, 0.15) is 33.1 Å². The van der Waals surface area contributed by atoms with Crippen molar-refractivity contribution in [1.29, 1.82) is 0 Å². The summed E-state index contributed by atoms with van der Waals surface area (Å²) in [7, 11) is 0. The van der Waals surface area contributed by atoms with Crippen LogP contribution in [0.5, 0.6) is 0 Å². The van der Waals surface area contributed by atoms with Gasteiger partial charge in [0.1, 0.15) is 5.82 Å². The van der Waals surface area contributed by atoms with Gasteiger partial charge in [-0.05, 0) is 24.7 Å². The fraction of sp³-hybridized carbons (Fsp3) is 0.667. The minimum absolute atomic E-state index is 0.576. The third kappa shape index (κ3) is 2.28. The second-order valence-electron chi connectivity index (χ2n) is 4.45. The Hall–Kier alpha value is -1.12. The van der Waals surface area contributed by atoms with Crippen LogP contribution in [0.25, 0.3) is 0 Å². The summed E-state index contributed by atoms with van der Waals surface area (Å²) in [5.41, 5.74) is 0.